The molecule has 0 N–H and O–H groups in total. The van der Waals surface area contributed by atoms with Gasteiger partial charge in [0.25, 0.3) is 0 Å². The lowest BCUT2D eigenvalue weighted by Gasteiger charge is -2.44. The summed E-state index contributed by atoms with van der Waals surface area (Å²) in [5, 5.41) is 8.48. The first-order valence-corrected chi connectivity index (χ1v) is 10.3. The van der Waals surface area contributed by atoms with Gasteiger partial charge in [-0.25, -0.2) is 8.78 Å². The first-order valence-electron chi connectivity index (χ1n) is 10.3. The van der Waals surface area contributed by atoms with E-state index in [0.29, 0.717) is 12.1 Å². The number of hydrogen-bond donors (Lipinski definition) is 0. The molecule has 2 atom stereocenters. The summed E-state index contributed by atoms with van der Waals surface area (Å²) in [5.41, 5.74) is 0.906. The van der Waals surface area contributed by atoms with Crippen molar-refractivity contribution in [1.29, 1.82) is 0 Å². The highest BCUT2D eigenvalue weighted by atomic mass is 19.1. The van der Waals surface area contributed by atoms with Crippen LogP contribution in [0, 0.1) is 11.6 Å². The number of carbonyl (C=O) groups is 1. The van der Waals surface area contributed by atoms with Crippen LogP contribution >= 0.6 is 0 Å². The van der Waals surface area contributed by atoms with E-state index in [1.807, 2.05) is 11.8 Å². The van der Waals surface area contributed by atoms with Gasteiger partial charge in [-0.1, -0.05) is 19.9 Å². The van der Waals surface area contributed by atoms with E-state index < -0.39 is 22.8 Å². The molecule has 0 saturated carbocycles. The summed E-state index contributed by atoms with van der Waals surface area (Å²) in [7, 11) is 0. The minimum Gasteiger partial charge on any atom is -0.431 e. The molecule has 2 aliphatic rings. The van der Waals surface area contributed by atoms with Crippen molar-refractivity contribution in [3.8, 4) is 11.6 Å². The molecule has 29 heavy (non-hydrogen) atoms. The zero-order chi connectivity index (χ0) is 20.6. The van der Waals surface area contributed by atoms with Crippen molar-refractivity contribution in [3.05, 3.63) is 47.2 Å². The molecule has 1 aliphatic heterocycles. The Morgan fingerprint density at radius 2 is 1.97 bits per heavy atom. The Morgan fingerprint density at radius 3 is 2.55 bits per heavy atom. The number of likely N-dealkylation sites (tertiary alicyclic amines) is 1. The van der Waals surface area contributed by atoms with Crippen molar-refractivity contribution < 1.29 is 18.3 Å². The Kier molecular flexibility index (Phi) is 5.23. The average molecular weight is 401 g/mol. The second kappa shape index (κ2) is 7.69. The number of fused-ring (bicyclic) bond motifs is 1. The predicted octanol–water partition coefficient (Wildman–Crippen LogP) is 4.71. The SMILES string of the molecule is CC[C@H]1CC[C@](CC)(C(=O)N2CCC2)c2nnc(Oc3c(F)cccc3F)cc21. The molecule has 1 aliphatic carbocycles. The van der Waals surface area contributed by atoms with Crippen molar-refractivity contribution in [2.75, 3.05) is 13.1 Å². The number of nitrogens with zero attached hydrogens (tertiary/aromatic N) is 3. The molecule has 0 unspecified atom stereocenters. The molecular weight excluding hydrogens is 376 g/mol. The number of rotatable bonds is 5. The van der Waals surface area contributed by atoms with Crippen molar-refractivity contribution in [1.82, 2.24) is 15.1 Å². The topological polar surface area (TPSA) is 55.3 Å². The molecule has 1 saturated heterocycles. The van der Waals surface area contributed by atoms with Gasteiger partial charge in [0.1, 0.15) is 0 Å². The van der Waals surface area contributed by atoms with Crippen molar-refractivity contribution in [2.45, 2.75) is 57.3 Å². The number of aromatic nitrogens is 2. The standard InChI is InChI=1S/C22H25F2N3O2/c1-3-14-9-10-22(4-2,21(28)27-11-6-12-27)20-15(14)13-18(25-26-20)29-19-16(23)7-5-8-17(19)24/h5,7-8,13-14H,3-4,6,9-12H2,1-2H3/t14-,22-/m0/s1. The van der Waals surface area contributed by atoms with Gasteiger partial charge in [0.15, 0.2) is 11.6 Å². The normalized spacial score (nSPS) is 23.3. The third-order valence-corrected chi connectivity index (χ3v) is 6.39. The van der Waals surface area contributed by atoms with Crippen LogP contribution in [0.5, 0.6) is 11.6 Å². The van der Waals surface area contributed by atoms with Gasteiger partial charge in [0.05, 0.1) is 11.1 Å². The predicted molar refractivity (Wildman–Crippen MR) is 104 cm³/mol. The van der Waals surface area contributed by atoms with Crippen LogP contribution in [0.25, 0.3) is 0 Å². The van der Waals surface area contributed by atoms with Gasteiger partial charge < -0.3 is 9.64 Å². The van der Waals surface area contributed by atoms with Crippen LogP contribution in [-0.2, 0) is 10.2 Å². The van der Waals surface area contributed by atoms with E-state index >= 15 is 0 Å². The summed E-state index contributed by atoms with van der Waals surface area (Å²) in [5.74, 6) is -1.74. The smallest absolute Gasteiger partial charge is 0.239 e. The summed E-state index contributed by atoms with van der Waals surface area (Å²) >= 11 is 0. The fourth-order valence-corrected chi connectivity index (χ4v) is 4.45. The van der Waals surface area contributed by atoms with E-state index in [4.69, 9.17) is 4.74 Å². The van der Waals surface area contributed by atoms with Gasteiger partial charge in [-0.2, -0.15) is 5.10 Å². The lowest BCUT2D eigenvalue weighted by Crippen LogP contribution is -2.54. The molecule has 0 spiro atoms. The zero-order valence-corrected chi connectivity index (χ0v) is 16.8. The van der Waals surface area contributed by atoms with Gasteiger partial charge in [-0.15, -0.1) is 5.10 Å². The van der Waals surface area contributed by atoms with E-state index in [2.05, 4.69) is 17.1 Å². The van der Waals surface area contributed by atoms with Crippen molar-refractivity contribution >= 4 is 5.91 Å². The van der Waals surface area contributed by atoms with E-state index in [9.17, 15) is 13.6 Å². The highest BCUT2D eigenvalue weighted by molar-refractivity contribution is 5.89. The molecule has 7 heteroatoms. The maximum atomic E-state index is 14.0. The molecular formula is C22H25F2N3O2. The second-order valence-corrected chi connectivity index (χ2v) is 7.86. The van der Waals surface area contributed by atoms with Crippen LogP contribution in [0.1, 0.15) is 63.1 Å². The summed E-state index contributed by atoms with van der Waals surface area (Å²) in [4.78, 5) is 15.2. The second-order valence-electron chi connectivity index (χ2n) is 7.86. The monoisotopic (exact) mass is 401 g/mol. The number of ether oxygens (including phenoxy) is 1. The van der Waals surface area contributed by atoms with Crippen LogP contribution in [0.15, 0.2) is 24.3 Å². The van der Waals surface area contributed by atoms with Gasteiger partial charge >= 0.3 is 0 Å². The van der Waals surface area contributed by atoms with Crippen LogP contribution in [0.4, 0.5) is 8.78 Å². The van der Waals surface area contributed by atoms with Crippen molar-refractivity contribution in [3.63, 3.8) is 0 Å². The maximum Gasteiger partial charge on any atom is 0.239 e. The molecule has 1 amide bonds. The highest BCUT2D eigenvalue weighted by Gasteiger charge is 2.48. The number of carbonyl (C=O) groups excluding carboxylic acids is 1. The number of amides is 1. The lowest BCUT2D eigenvalue weighted by atomic mass is 9.66. The molecule has 0 radical (unpaired) electrons. The number of halogens is 2. The van der Waals surface area contributed by atoms with Crippen molar-refractivity contribution in [2.24, 2.45) is 0 Å². The molecule has 2 heterocycles. The van der Waals surface area contributed by atoms with Gasteiger partial charge in [0.2, 0.25) is 17.5 Å². The largest absolute Gasteiger partial charge is 0.431 e. The number of hydrogen-bond acceptors (Lipinski definition) is 4. The minimum absolute atomic E-state index is 0.0366. The molecule has 1 aromatic heterocycles. The summed E-state index contributed by atoms with van der Waals surface area (Å²) < 4.78 is 33.4. The Balaban J connectivity index is 1.74. The fraction of sp³-hybridized carbons (Fsp3) is 0.500. The molecule has 0 bridgehead atoms. The first-order chi connectivity index (χ1) is 14.0. The molecule has 5 nitrogen and oxygen atoms in total. The Hall–Kier alpha value is -2.57. The highest BCUT2D eigenvalue weighted by Crippen LogP contribution is 2.47. The Bertz CT molecular complexity index is 912. The average Bonchev–Trinajstić information content (AvgIpc) is 2.68. The zero-order valence-electron chi connectivity index (χ0n) is 16.8. The molecule has 1 fully saturated rings. The van der Waals surface area contributed by atoms with Gasteiger partial charge in [-0.05, 0) is 55.7 Å². The lowest BCUT2D eigenvalue weighted by molar-refractivity contribution is -0.142. The summed E-state index contributed by atoms with van der Waals surface area (Å²) in [6, 6.07) is 5.25. The Morgan fingerprint density at radius 1 is 1.24 bits per heavy atom. The molecule has 1 aromatic carbocycles. The molecule has 154 valence electrons. The molecule has 4 rings (SSSR count). The quantitative estimate of drug-likeness (QED) is 0.728. The van der Waals surface area contributed by atoms with Gasteiger partial charge in [0, 0.05) is 19.2 Å². The van der Waals surface area contributed by atoms with Crippen LogP contribution in [0.3, 0.4) is 0 Å². The third kappa shape index (κ3) is 3.26. The number of benzene rings is 1. The van der Waals surface area contributed by atoms with E-state index in [1.54, 1.807) is 6.07 Å². The molecule has 2 aromatic rings. The fourth-order valence-electron chi connectivity index (χ4n) is 4.45. The van der Waals surface area contributed by atoms with E-state index in [-0.39, 0.29) is 17.7 Å². The van der Waals surface area contributed by atoms with E-state index in [1.165, 1.54) is 6.07 Å². The Labute approximate surface area is 169 Å². The summed E-state index contributed by atoms with van der Waals surface area (Å²) in [6.07, 6.45) is 4.15. The summed E-state index contributed by atoms with van der Waals surface area (Å²) in [6.45, 7) is 5.67. The van der Waals surface area contributed by atoms with Crippen LogP contribution in [-0.4, -0.2) is 34.1 Å². The van der Waals surface area contributed by atoms with Crippen LogP contribution < -0.4 is 4.74 Å². The van der Waals surface area contributed by atoms with Gasteiger partial charge in [-0.3, -0.25) is 4.79 Å². The number of para-hydroxylation sites is 1. The third-order valence-electron chi connectivity index (χ3n) is 6.39. The minimum atomic E-state index is -0.799. The first kappa shape index (κ1) is 19.7. The van der Waals surface area contributed by atoms with E-state index in [0.717, 1.165) is 56.5 Å². The maximum absolute atomic E-state index is 14.0. The van der Waals surface area contributed by atoms with Crippen LogP contribution in [0.2, 0.25) is 0 Å².